The lowest BCUT2D eigenvalue weighted by molar-refractivity contribution is 0.0433. The molecule has 0 bridgehead atoms. The van der Waals surface area contributed by atoms with Crippen LogP contribution in [0.1, 0.15) is 59.3 Å². The zero-order valence-electron chi connectivity index (χ0n) is 15.0. The zero-order valence-corrected chi connectivity index (χ0v) is 15.0. The predicted molar refractivity (Wildman–Crippen MR) is 94.4 cm³/mol. The van der Waals surface area contributed by atoms with Crippen LogP contribution >= 0.6 is 0 Å². The van der Waals surface area contributed by atoms with E-state index in [4.69, 9.17) is 4.74 Å². The molecule has 1 heterocycles. The molecule has 1 aliphatic rings. The van der Waals surface area contributed by atoms with Crippen LogP contribution in [0.5, 0.6) is 0 Å². The summed E-state index contributed by atoms with van der Waals surface area (Å²) >= 11 is 0. The van der Waals surface area contributed by atoms with Crippen molar-refractivity contribution in [1.82, 2.24) is 15.3 Å². The summed E-state index contributed by atoms with van der Waals surface area (Å²) in [6.45, 7) is 15.5. The second kappa shape index (κ2) is 11.9. The quantitative estimate of drug-likeness (QED) is 0.415. The maximum atomic E-state index is 5.29. The average Bonchev–Trinajstić information content (AvgIpc) is 2.90. The van der Waals surface area contributed by atoms with Crippen LogP contribution in [-0.4, -0.2) is 48.9 Å². The largest absolute Gasteiger partial charge is 0.500 e. The first-order valence-electron chi connectivity index (χ1n) is 9.17. The van der Waals surface area contributed by atoms with E-state index in [-0.39, 0.29) is 0 Å². The van der Waals surface area contributed by atoms with Crippen LogP contribution in [0.15, 0.2) is 12.8 Å². The van der Waals surface area contributed by atoms with Crippen LogP contribution in [0.3, 0.4) is 0 Å². The van der Waals surface area contributed by atoms with E-state index in [1.165, 1.54) is 44.8 Å². The lowest BCUT2D eigenvalue weighted by atomic mass is 10.1. The van der Waals surface area contributed by atoms with Crippen molar-refractivity contribution in [3.63, 3.8) is 0 Å². The molecule has 1 atom stereocenters. The van der Waals surface area contributed by atoms with Crippen molar-refractivity contribution < 1.29 is 4.74 Å². The Morgan fingerprint density at radius 2 is 1.91 bits per heavy atom. The van der Waals surface area contributed by atoms with Gasteiger partial charge >= 0.3 is 0 Å². The van der Waals surface area contributed by atoms with Gasteiger partial charge in [-0.15, -0.1) is 0 Å². The molecule has 4 heteroatoms. The van der Waals surface area contributed by atoms with Gasteiger partial charge in [-0.05, 0) is 12.3 Å². The van der Waals surface area contributed by atoms with Crippen molar-refractivity contribution in [2.75, 3.05) is 32.8 Å². The first-order chi connectivity index (χ1) is 10.7. The van der Waals surface area contributed by atoms with Crippen LogP contribution in [-0.2, 0) is 4.74 Å². The van der Waals surface area contributed by atoms with Crippen LogP contribution in [0.4, 0.5) is 0 Å². The molecule has 0 aromatic carbocycles. The fourth-order valence-corrected chi connectivity index (χ4v) is 3.28. The smallest absolute Gasteiger partial charge is 0.1000 e. The predicted octanol–water partition coefficient (Wildman–Crippen LogP) is 3.61. The van der Waals surface area contributed by atoms with E-state index in [1.807, 2.05) is 0 Å². The van der Waals surface area contributed by atoms with Crippen LogP contribution in [0, 0.1) is 5.92 Å². The van der Waals surface area contributed by atoms with Crippen LogP contribution in [0.2, 0.25) is 0 Å². The minimum Gasteiger partial charge on any atom is -0.500 e. The first-order valence-corrected chi connectivity index (χ1v) is 9.17. The second-order valence-corrected chi connectivity index (χ2v) is 6.60. The molecule has 4 nitrogen and oxygen atoms in total. The first kappa shape index (κ1) is 19.5. The summed E-state index contributed by atoms with van der Waals surface area (Å²) in [4.78, 5) is 2.52. The number of unbranched alkanes of at least 4 members (excludes halogenated alkanes) is 5. The monoisotopic (exact) mass is 311 g/mol. The third-order valence-electron chi connectivity index (χ3n) is 4.38. The van der Waals surface area contributed by atoms with Crippen molar-refractivity contribution in [3.8, 4) is 0 Å². The van der Waals surface area contributed by atoms with E-state index in [0.29, 0.717) is 12.1 Å². The van der Waals surface area contributed by atoms with Gasteiger partial charge in [-0.25, -0.2) is 5.01 Å². The molecular weight excluding hydrogens is 274 g/mol. The third kappa shape index (κ3) is 7.12. The normalized spacial score (nSPS) is 19.9. The Hall–Kier alpha value is -0.580. The molecule has 0 saturated carbocycles. The molecule has 0 aliphatic carbocycles. The number of hydrogen-bond acceptors (Lipinski definition) is 4. The Bertz CT molecular complexity index is 284. The van der Waals surface area contributed by atoms with Crippen molar-refractivity contribution in [3.05, 3.63) is 12.8 Å². The summed E-state index contributed by atoms with van der Waals surface area (Å²) in [5.41, 5.74) is 3.66. The molecule has 1 saturated heterocycles. The average molecular weight is 312 g/mol. The number of hydrazine groups is 1. The van der Waals surface area contributed by atoms with Crippen LogP contribution < -0.4 is 5.43 Å². The number of rotatable bonds is 13. The topological polar surface area (TPSA) is 27.7 Å². The fraction of sp³-hybridized carbons (Fsp3) is 0.889. The van der Waals surface area contributed by atoms with E-state index in [2.05, 4.69) is 42.7 Å². The van der Waals surface area contributed by atoms with Gasteiger partial charge in [-0.3, -0.25) is 10.3 Å². The summed E-state index contributed by atoms with van der Waals surface area (Å²) in [5.74, 6) is 0.614. The zero-order chi connectivity index (χ0) is 16.2. The van der Waals surface area contributed by atoms with Crippen molar-refractivity contribution in [2.24, 2.45) is 5.92 Å². The Morgan fingerprint density at radius 1 is 1.18 bits per heavy atom. The van der Waals surface area contributed by atoms with E-state index < -0.39 is 0 Å². The lowest BCUT2D eigenvalue weighted by Crippen LogP contribution is -2.50. The van der Waals surface area contributed by atoms with Crippen molar-refractivity contribution >= 4 is 0 Å². The lowest BCUT2D eigenvalue weighted by Gasteiger charge is -2.33. The van der Waals surface area contributed by atoms with Gasteiger partial charge in [0.05, 0.1) is 19.0 Å². The van der Waals surface area contributed by atoms with E-state index in [0.717, 1.165) is 32.8 Å². The Kier molecular flexibility index (Phi) is 10.5. The van der Waals surface area contributed by atoms with Gasteiger partial charge in [0.1, 0.15) is 0 Å². The highest BCUT2D eigenvalue weighted by molar-refractivity contribution is 4.82. The SMILES string of the molecule is C=COCCN1CCN(NCCCCCCCC)C1C(C)C. The van der Waals surface area contributed by atoms with Gasteiger partial charge in [0.25, 0.3) is 0 Å². The summed E-state index contributed by atoms with van der Waals surface area (Å²) in [6, 6.07) is 0. The molecule has 22 heavy (non-hydrogen) atoms. The molecular formula is C18H37N3O. The van der Waals surface area contributed by atoms with Gasteiger partial charge in [-0.2, -0.15) is 0 Å². The second-order valence-electron chi connectivity index (χ2n) is 6.60. The van der Waals surface area contributed by atoms with Gasteiger partial charge in [0.2, 0.25) is 0 Å². The molecule has 1 fully saturated rings. The van der Waals surface area contributed by atoms with Gasteiger partial charge < -0.3 is 4.74 Å². The molecule has 0 aromatic heterocycles. The molecule has 130 valence electrons. The van der Waals surface area contributed by atoms with Gasteiger partial charge in [0, 0.05) is 26.2 Å². The highest BCUT2D eigenvalue weighted by Gasteiger charge is 2.33. The molecule has 1 rings (SSSR count). The highest BCUT2D eigenvalue weighted by atomic mass is 16.5. The minimum atomic E-state index is 0.480. The third-order valence-corrected chi connectivity index (χ3v) is 4.38. The molecule has 0 radical (unpaired) electrons. The summed E-state index contributed by atoms with van der Waals surface area (Å²) in [5, 5.41) is 2.44. The molecule has 0 aromatic rings. The maximum absolute atomic E-state index is 5.29. The van der Waals surface area contributed by atoms with Crippen molar-refractivity contribution in [2.45, 2.75) is 65.5 Å². The number of ether oxygens (including phenoxy) is 1. The van der Waals surface area contributed by atoms with E-state index in [1.54, 1.807) is 0 Å². The maximum Gasteiger partial charge on any atom is 0.1000 e. The Labute approximate surface area is 137 Å². The highest BCUT2D eigenvalue weighted by Crippen LogP contribution is 2.19. The van der Waals surface area contributed by atoms with Crippen molar-refractivity contribution in [1.29, 1.82) is 0 Å². The Balaban J connectivity index is 2.22. The molecule has 1 aliphatic heterocycles. The standard InChI is InChI=1S/C18H37N3O/c1-5-7-8-9-10-11-12-19-21-14-13-20(15-16-22-6-2)18(21)17(3)4/h6,17-19H,2,5,7-16H2,1,3-4H3. The number of nitrogens with one attached hydrogen (secondary N) is 1. The van der Waals surface area contributed by atoms with E-state index >= 15 is 0 Å². The number of hydrogen-bond donors (Lipinski definition) is 1. The fourth-order valence-electron chi connectivity index (χ4n) is 3.28. The summed E-state index contributed by atoms with van der Waals surface area (Å²) < 4.78 is 5.29. The summed E-state index contributed by atoms with van der Waals surface area (Å²) in [6.07, 6.45) is 10.1. The number of nitrogens with zero attached hydrogens (tertiary/aromatic N) is 2. The Morgan fingerprint density at radius 3 is 2.59 bits per heavy atom. The van der Waals surface area contributed by atoms with Crippen LogP contribution in [0.25, 0.3) is 0 Å². The molecule has 0 spiro atoms. The van der Waals surface area contributed by atoms with Gasteiger partial charge in [-0.1, -0.05) is 59.5 Å². The molecule has 1 unspecified atom stereocenters. The van der Waals surface area contributed by atoms with E-state index in [9.17, 15) is 0 Å². The summed E-state index contributed by atoms with van der Waals surface area (Å²) in [7, 11) is 0. The minimum absolute atomic E-state index is 0.480. The molecule has 1 N–H and O–H groups in total. The van der Waals surface area contributed by atoms with Gasteiger partial charge in [0.15, 0.2) is 0 Å². The molecule has 0 amide bonds.